The predicted octanol–water partition coefficient (Wildman–Crippen LogP) is 4.64. The second-order valence-electron chi connectivity index (χ2n) is 10.3. The predicted molar refractivity (Wildman–Crippen MR) is 153 cm³/mol. The summed E-state index contributed by atoms with van der Waals surface area (Å²) in [4.78, 5) is 15.2. The lowest BCUT2D eigenvalue weighted by Gasteiger charge is -2.21. The molecule has 1 amide bonds. The fraction of sp³-hybridized carbons (Fsp3) is 0.344. The normalized spacial score (nSPS) is 17.6. The first kappa shape index (κ1) is 27.3. The molecule has 1 aliphatic carbocycles. The number of fused-ring (bicyclic) bond motifs is 1. The number of aliphatic hydroxyl groups is 1. The average molecular weight is 512 g/mol. The second kappa shape index (κ2) is 12.2. The molecule has 0 saturated heterocycles. The summed E-state index contributed by atoms with van der Waals surface area (Å²) in [6.45, 7) is 6.66. The fourth-order valence-electron chi connectivity index (χ4n) is 4.54. The maximum Gasteiger partial charge on any atom is 0.250 e. The lowest BCUT2D eigenvalue weighted by molar-refractivity contribution is -0.116. The minimum atomic E-state index is -0.343. The standard InChI is InChI=1S/C32H37N3O3/c1-22(2)38-30-10-9-23(11-14-32(3)15-12-24(13-16-32)31(37)33-4)17-26(30)20-34-27(21-36)18-25-19-35-29-8-6-5-7-28(25)29/h5-10,12-13,15,17,19,22,27,34-36H,16,18,20-21H2,1-4H3,(H,33,37). The summed E-state index contributed by atoms with van der Waals surface area (Å²) in [5.41, 5.74) is 4.48. The summed E-state index contributed by atoms with van der Waals surface area (Å²) in [7, 11) is 1.63. The van der Waals surface area contributed by atoms with Crippen molar-refractivity contribution in [3.63, 3.8) is 0 Å². The summed E-state index contributed by atoms with van der Waals surface area (Å²) >= 11 is 0. The Kier molecular flexibility index (Phi) is 8.73. The number of rotatable bonds is 9. The van der Waals surface area contributed by atoms with Crippen LogP contribution in [0.3, 0.4) is 0 Å². The molecule has 0 bridgehead atoms. The Bertz CT molecular complexity index is 1410. The number of hydrogen-bond donors (Lipinski definition) is 4. The molecule has 0 fully saturated rings. The molecule has 2 aromatic carbocycles. The number of nitrogens with one attached hydrogen (secondary N) is 3. The van der Waals surface area contributed by atoms with E-state index in [1.165, 1.54) is 10.9 Å². The molecule has 4 N–H and O–H groups in total. The molecule has 0 aliphatic heterocycles. The smallest absolute Gasteiger partial charge is 0.250 e. The van der Waals surface area contributed by atoms with E-state index in [4.69, 9.17) is 4.74 Å². The third-order valence-electron chi connectivity index (χ3n) is 6.72. The molecule has 3 aromatic rings. The lowest BCUT2D eigenvalue weighted by atomic mass is 9.82. The van der Waals surface area contributed by atoms with E-state index >= 15 is 0 Å². The van der Waals surface area contributed by atoms with Gasteiger partial charge in [0.25, 0.3) is 5.91 Å². The van der Waals surface area contributed by atoms with E-state index in [1.54, 1.807) is 7.05 Å². The minimum absolute atomic E-state index is 0.0234. The molecule has 1 heterocycles. The first-order valence-corrected chi connectivity index (χ1v) is 13.1. The Morgan fingerprint density at radius 3 is 2.74 bits per heavy atom. The van der Waals surface area contributed by atoms with Gasteiger partial charge in [-0.15, -0.1) is 0 Å². The summed E-state index contributed by atoms with van der Waals surface area (Å²) in [6.07, 6.45) is 9.22. The van der Waals surface area contributed by atoms with Crippen LogP contribution in [0.5, 0.6) is 5.75 Å². The SMILES string of the molecule is CNC(=O)C1=CCC(C)(C#Cc2ccc(OC(C)C)c(CNC(CO)Cc3c[nH]c4ccccc34)c2)C=C1. The minimum Gasteiger partial charge on any atom is -0.491 e. The lowest BCUT2D eigenvalue weighted by Crippen LogP contribution is -2.34. The molecule has 0 spiro atoms. The van der Waals surface area contributed by atoms with E-state index in [-0.39, 0.29) is 30.1 Å². The molecule has 0 saturated carbocycles. The summed E-state index contributed by atoms with van der Waals surface area (Å²) in [6, 6.07) is 14.1. The topological polar surface area (TPSA) is 86.4 Å². The molecule has 1 aromatic heterocycles. The number of likely N-dealkylation sites (N-methyl/N-ethyl adjacent to an activating group) is 1. The molecular weight excluding hydrogens is 474 g/mol. The highest BCUT2D eigenvalue weighted by molar-refractivity contribution is 5.96. The fourth-order valence-corrected chi connectivity index (χ4v) is 4.54. The molecule has 4 rings (SSSR count). The van der Waals surface area contributed by atoms with Crippen LogP contribution in [0.25, 0.3) is 10.9 Å². The summed E-state index contributed by atoms with van der Waals surface area (Å²) in [5, 5.41) is 17.5. The molecule has 2 atom stereocenters. The van der Waals surface area contributed by atoms with Crippen molar-refractivity contribution in [2.24, 2.45) is 5.41 Å². The van der Waals surface area contributed by atoms with Crippen LogP contribution in [-0.4, -0.2) is 41.8 Å². The van der Waals surface area contributed by atoms with E-state index in [9.17, 15) is 9.90 Å². The van der Waals surface area contributed by atoms with Crippen LogP contribution in [0, 0.1) is 17.3 Å². The number of aliphatic hydroxyl groups excluding tert-OH is 1. The van der Waals surface area contributed by atoms with Gasteiger partial charge >= 0.3 is 0 Å². The van der Waals surface area contributed by atoms with Crippen molar-refractivity contribution in [3.8, 4) is 17.6 Å². The maximum atomic E-state index is 11.9. The van der Waals surface area contributed by atoms with Crippen molar-refractivity contribution < 1.29 is 14.6 Å². The van der Waals surface area contributed by atoms with Gasteiger partial charge in [-0.1, -0.05) is 48.3 Å². The average Bonchev–Trinajstić information content (AvgIpc) is 3.33. The Morgan fingerprint density at radius 2 is 2.03 bits per heavy atom. The molecule has 0 radical (unpaired) electrons. The highest BCUT2D eigenvalue weighted by Crippen LogP contribution is 2.29. The van der Waals surface area contributed by atoms with Gasteiger partial charge in [0, 0.05) is 53.4 Å². The third-order valence-corrected chi connectivity index (χ3v) is 6.72. The van der Waals surface area contributed by atoms with E-state index in [1.807, 2.05) is 62.5 Å². The largest absolute Gasteiger partial charge is 0.491 e. The quantitative estimate of drug-likeness (QED) is 0.315. The summed E-state index contributed by atoms with van der Waals surface area (Å²) < 4.78 is 6.08. The van der Waals surface area contributed by atoms with E-state index in [2.05, 4.69) is 52.6 Å². The van der Waals surface area contributed by atoms with Gasteiger partial charge in [0.15, 0.2) is 0 Å². The van der Waals surface area contributed by atoms with Crippen molar-refractivity contribution >= 4 is 16.8 Å². The molecule has 198 valence electrons. The van der Waals surface area contributed by atoms with Gasteiger partial charge in [-0.05, 0) is 63.4 Å². The van der Waals surface area contributed by atoms with Crippen molar-refractivity contribution in [2.45, 2.75) is 52.3 Å². The molecule has 1 aliphatic rings. The van der Waals surface area contributed by atoms with Crippen LogP contribution < -0.4 is 15.4 Å². The zero-order valence-electron chi connectivity index (χ0n) is 22.6. The number of carbonyl (C=O) groups excluding carboxylic acids is 1. The molecule has 38 heavy (non-hydrogen) atoms. The third kappa shape index (κ3) is 6.74. The van der Waals surface area contributed by atoms with E-state index in [0.717, 1.165) is 22.4 Å². The van der Waals surface area contributed by atoms with Gasteiger partial charge in [0.2, 0.25) is 0 Å². The van der Waals surface area contributed by atoms with Gasteiger partial charge in [0.05, 0.1) is 18.1 Å². The number of para-hydroxylation sites is 1. The number of carbonyl (C=O) groups is 1. The summed E-state index contributed by atoms with van der Waals surface area (Å²) in [5.74, 6) is 7.43. The number of ether oxygens (including phenoxy) is 1. The number of hydrogen-bond acceptors (Lipinski definition) is 4. The second-order valence-corrected chi connectivity index (χ2v) is 10.3. The number of allylic oxidation sites excluding steroid dienone is 2. The molecule has 6 heteroatoms. The van der Waals surface area contributed by atoms with Gasteiger partial charge < -0.3 is 25.5 Å². The zero-order chi connectivity index (χ0) is 27.1. The van der Waals surface area contributed by atoms with Crippen molar-refractivity contribution in [1.82, 2.24) is 15.6 Å². The Morgan fingerprint density at radius 1 is 1.21 bits per heavy atom. The Hall–Kier alpha value is -3.79. The number of aromatic amines is 1. The molecular formula is C32H37N3O3. The van der Waals surface area contributed by atoms with Crippen molar-refractivity contribution in [1.29, 1.82) is 0 Å². The number of H-pyrrole nitrogens is 1. The van der Waals surface area contributed by atoms with Crippen molar-refractivity contribution in [3.05, 3.63) is 89.2 Å². The monoisotopic (exact) mass is 511 g/mol. The Labute approximate surface area is 225 Å². The highest BCUT2D eigenvalue weighted by Gasteiger charge is 2.22. The van der Waals surface area contributed by atoms with Gasteiger partial charge in [-0.2, -0.15) is 0 Å². The first-order valence-electron chi connectivity index (χ1n) is 13.1. The van der Waals surface area contributed by atoms with Crippen LogP contribution in [0.15, 0.2) is 72.5 Å². The van der Waals surface area contributed by atoms with Crippen LogP contribution in [0.1, 0.15) is 43.9 Å². The van der Waals surface area contributed by atoms with E-state index in [0.29, 0.717) is 25.0 Å². The maximum absolute atomic E-state index is 11.9. The number of amides is 1. The van der Waals surface area contributed by atoms with Gasteiger partial charge in [-0.25, -0.2) is 0 Å². The molecule has 6 nitrogen and oxygen atoms in total. The zero-order valence-corrected chi connectivity index (χ0v) is 22.6. The first-order chi connectivity index (χ1) is 18.3. The highest BCUT2D eigenvalue weighted by atomic mass is 16.5. The van der Waals surface area contributed by atoms with Crippen LogP contribution >= 0.6 is 0 Å². The Balaban J connectivity index is 1.49. The van der Waals surface area contributed by atoms with Crippen LogP contribution in [0.4, 0.5) is 0 Å². The van der Waals surface area contributed by atoms with Gasteiger partial charge in [-0.3, -0.25) is 4.79 Å². The van der Waals surface area contributed by atoms with Crippen molar-refractivity contribution in [2.75, 3.05) is 13.7 Å². The van der Waals surface area contributed by atoms with Crippen LogP contribution in [0.2, 0.25) is 0 Å². The molecule has 2 unspecified atom stereocenters. The number of aromatic nitrogens is 1. The van der Waals surface area contributed by atoms with E-state index < -0.39 is 0 Å². The van der Waals surface area contributed by atoms with Gasteiger partial charge in [0.1, 0.15) is 5.75 Å². The number of benzene rings is 2. The van der Waals surface area contributed by atoms with Crippen LogP contribution in [-0.2, 0) is 17.8 Å².